The van der Waals surface area contributed by atoms with Crippen molar-refractivity contribution in [2.24, 2.45) is 0 Å². The van der Waals surface area contributed by atoms with Crippen molar-refractivity contribution in [1.29, 1.82) is 0 Å². The molecule has 0 fully saturated rings. The summed E-state index contributed by atoms with van der Waals surface area (Å²) >= 11 is -1.82. The lowest BCUT2D eigenvalue weighted by molar-refractivity contribution is 0.555. The van der Waals surface area contributed by atoms with Crippen LogP contribution in [-0.4, -0.2) is 15.8 Å². The second-order valence-electron chi connectivity index (χ2n) is 1.16. The molecule has 0 aromatic heterocycles. The first-order chi connectivity index (χ1) is 3.68. The molecule has 0 amide bonds. The Kier molecular flexibility index (Phi) is 13.9. The summed E-state index contributed by atoms with van der Waals surface area (Å²) in [6.45, 7) is 4.25. The summed E-state index contributed by atoms with van der Waals surface area (Å²) < 4.78 is 19.1. The van der Waals surface area contributed by atoms with E-state index in [0.29, 0.717) is 0 Å². The Morgan fingerprint density at radius 2 is 1.75 bits per heavy atom. The summed E-state index contributed by atoms with van der Waals surface area (Å²) in [5.74, 6) is 0. The van der Waals surface area contributed by atoms with Gasteiger partial charge in [0.15, 0.2) is 0 Å². The van der Waals surface area contributed by atoms with E-state index in [-0.39, 0.29) is 0 Å². The minimum Gasteiger partial charge on any atom is -0.294 e. The zero-order valence-corrected chi connectivity index (χ0v) is 6.29. The van der Waals surface area contributed by atoms with E-state index < -0.39 is 11.3 Å². The second-order valence-corrected chi connectivity index (χ2v) is 2.07. The molecule has 0 heterocycles. The third-order valence-electron chi connectivity index (χ3n) is 0.175. The van der Waals surface area contributed by atoms with Gasteiger partial charge < -0.3 is 0 Å². The molecule has 1 atom stereocenters. The van der Waals surface area contributed by atoms with Crippen molar-refractivity contribution in [1.82, 2.24) is 4.72 Å². The monoisotopic (exact) mass is 139 g/mol. The molecule has 8 heavy (non-hydrogen) atoms. The molecule has 0 rings (SSSR count). The molecule has 0 aromatic carbocycles. The van der Waals surface area contributed by atoms with E-state index in [4.69, 9.17) is 4.55 Å². The molecule has 0 aromatic rings. The zero-order chi connectivity index (χ0) is 6.99. The zero-order valence-electron chi connectivity index (χ0n) is 5.47. The average Bonchev–Trinajstić information content (AvgIpc) is 1.69. The van der Waals surface area contributed by atoms with Gasteiger partial charge in [0, 0.05) is 0 Å². The molecule has 0 spiro atoms. The van der Waals surface area contributed by atoms with Crippen LogP contribution in [0.25, 0.3) is 0 Å². The Labute approximate surface area is 52.9 Å². The Morgan fingerprint density at radius 1 is 1.62 bits per heavy atom. The molecule has 4 heteroatoms. The molecule has 0 bridgehead atoms. The van der Waals surface area contributed by atoms with Crippen molar-refractivity contribution in [3.05, 3.63) is 0 Å². The van der Waals surface area contributed by atoms with E-state index in [2.05, 4.69) is 18.6 Å². The van der Waals surface area contributed by atoms with Crippen molar-refractivity contribution >= 4 is 11.3 Å². The standard InChI is InChI=1S/C3H8.CH5NO2S/c1-3-2;1-2-5(3)4/h3H2,1-2H3;2H,1H3,(H,3,4). The van der Waals surface area contributed by atoms with Crippen LogP contribution in [0.4, 0.5) is 0 Å². The number of nitrogens with one attached hydrogen (secondary N) is 1. The van der Waals surface area contributed by atoms with E-state index >= 15 is 0 Å². The molecule has 0 saturated heterocycles. The van der Waals surface area contributed by atoms with Gasteiger partial charge in [-0.2, -0.15) is 0 Å². The van der Waals surface area contributed by atoms with Crippen LogP contribution < -0.4 is 4.72 Å². The average molecular weight is 139 g/mol. The van der Waals surface area contributed by atoms with Crippen LogP contribution in [0.1, 0.15) is 20.3 Å². The predicted octanol–water partition coefficient (Wildman–Crippen LogP) is 0.759. The maximum absolute atomic E-state index is 9.37. The SMILES string of the molecule is CCC.CNS(=O)O. The third-order valence-corrected chi connectivity index (χ3v) is 0.524. The molecule has 0 aliphatic carbocycles. The molecule has 2 N–H and O–H groups in total. The lowest BCUT2D eigenvalue weighted by Gasteiger charge is -1.77. The number of hydrogen-bond donors (Lipinski definition) is 2. The first-order valence-corrected chi connectivity index (χ1v) is 3.57. The van der Waals surface area contributed by atoms with Gasteiger partial charge in [-0.05, 0) is 7.05 Å². The van der Waals surface area contributed by atoms with Gasteiger partial charge >= 0.3 is 0 Å². The van der Waals surface area contributed by atoms with Crippen LogP contribution in [0, 0.1) is 0 Å². The number of rotatable bonds is 1. The molecular formula is C4H13NO2S. The summed E-state index contributed by atoms with van der Waals surface area (Å²) in [6, 6.07) is 0. The highest BCUT2D eigenvalue weighted by atomic mass is 32.2. The van der Waals surface area contributed by atoms with Crippen molar-refractivity contribution in [2.45, 2.75) is 20.3 Å². The van der Waals surface area contributed by atoms with Gasteiger partial charge in [-0.1, -0.05) is 20.3 Å². The van der Waals surface area contributed by atoms with E-state index in [0.717, 1.165) is 0 Å². The fourth-order valence-corrected chi connectivity index (χ4v) is 0. The molecule has 0 radical (unpaired) electrons. The molecular weight excluding hydrogens is 126 g/mol. The largest absolute Gasteiger partial charge is 0.294 e. The summed E-state index contributed by atoms with van der Waals surface area (Å²) in [5, 5.41) is 0. The molecule has 52 valence electrons. The lowest BCUT2D eigenvalue weighted by atomic mass is 10.6. The van der Waals surface area contributed by atoms with Crippen LogP contribution in [-0.2, 0) is 11.3 Å². The summed E-state index contributed by atoms with van der Waals surface area (Å²) in [4.78, 5) is 0. The van der Waals surface area contributed by atoms with Crippen LogP contribution in [0.3, 0.4) is 0 Å². The van der Waals surface area contributed by atoms with Gasteiger partial charge in [0.25, 0.3) is 0 Å². The van der Waals surface area contributed by atoms with Crippen molar-refractivity contribution < 1.29 is 8.76 Å². The lowest BCUT2D eigenvalue weighted by Crippen LogP contribution is -2.07. The van der Waals surface area contributed by atoms with Crippen LogP contribution >= 0.6 is 0 Å². The van der Waals surface area contributed by atoms with Crippen LogP contribution in [0.2, 0.25) is 0 Å². The van der Waals surface area contributed by atoms with E-state index in [1.165, 1.54) is 13.5 Å². The fourth-order valence-electron chi connectivity index (χ4n) is 0. The highest BCUT2D eigenvalue weighted by Gasteiger charge is 1.72. The first kappa shape index (κ1) is 10.9. The van der Waals surface area contributed by atoms with Gasteiger partial charge in [0.2, 0.25) is 11.3 Å². The molecule has 0 aliphatic heterocycles. The quantitative estimate of drug-likeness (QED) is 0.527. The number of hydrogen-bond acceptors (Lipinski definition) is 1. The Balaban J connectivity index is 0. The topological polar surface area (TPSA) is 49.3 Å². The molecule has 1 unspecified atom stereocenters. The molecule has 0 aliphatic rings. The highest BCUT2D eigenvalue weighted by Crippen LogP contribution is 1.56. The first-order valence-electron chi connectivity index (χ1n) is 2.47. The minimum atomic E-state index is -1.82. The highest BCUT2D eigenvalue weighted by molar-refractivity contribution is 7.77. The summed E-state index contributed by atoms with van der Waals surface area (Å²) in [5.41, 5.74) is 0. The van der Waals surface area contributed by atoms with E-state index in [1.54, 1.807) is 0 Å². The van der Waals surface area contributed by atoms with Crippen molar-refractivity contribution in [3.8, 4) is 0 Å². The van der Waals surface area contributed by atoms with Gasteiger partial charge in [-0.25, -0.2) is 8.93 Å². The van der Waals surface area contributed by atoms with Crippen LogP contribution in [0.15, 0.2) is 0 Å². The smallest absolute Gasteiger partial charge is 0.231 e. The van der Waals surface area contributed by atoms with E-state index in [9.17, 15) is 4.21 Å². The second kappa shape index (κ2) is 10.1. The van der Waals surface area contributed by atoms with Gasteiger partial charge in [0.1, 0.15) is 0 Å². The molecule has 0 saturated carbocycles. The summed E-state index contributed by atoms with van der Waals surface area (Å²) in [7, 11) is 1.40. The van der Waals surface area contributed by atoms with Crippen molar-refractivity contribution in [2.75, 3.05) is 7.05 Å². The Bertz CT molecular complexity index is 58.0. The fraction of sp³-hybridized carbons (Fsp3) is 1.00. The Hall–Kier alpha value is 0.0700. The summed E-state index contributed by atoms with van der Waals surface area (Å²) in [6.07, 6.45) is 1.25. The maximum atomic E-state index is 9.37. The van der Waals surface area contributed by atoms with Gasteiger partial charge in [-0.3, -0.25) is 4.55 Å². The Morgan fingerprint density at radius 3 is 1.75 bits per heavy atom. The maximum Gasteiger partial charge on any atom is 0.231 e. The van der Waals surface area contributed by atoms with Crippen LogP contribution in [0.5, 0.6) is 0 Å². The molecule has 3 nitrogen and oxygen atoms in total. The normalized spacial score (nSPS) is 11.5. The minimum absolute atomic E-state index is 1.25. The van der Waals surface area contributed by atoms with E-state index in [1.807, 2.05) is 0 Å². The van der Waals surface area contributed by atoms with Crippen molar-refractivity contribution in [3.63, 3.8) is 0 Å². The van der Waals surface area contributed by atoms with Gasteiger partial charge in [0.05, 0.1) is 0 Å². The third kappa shape index (κ3) is 36.4. The predicted molar refractivity (Wildman–Crippen MR) is 35.8 cm³/mol. The van der Waals surface area contributed by atoms with Gasteiger partial charge in [-0.15, -0.1) is 0 Å².